The van der Waals surface area contributed by atoms with E-state index in [0.29, 0.717) is 23.9 Å². The monoisotopic (exact) mass is 410 g/mol. The summed E-state index contributed by atoms with van der Waals surface area (Å²) in [6.07, 6.45) is 1.13. The van der Waals surface area contributed by atoms with Gasteiger partial charge in [0.2, 0.25) is 0 Å². The third-order valence-electron chi connectivity index (χ3n) is 4.31. The molecule has 2 aromatic carbocycles. The van der Waals surface area contributed by atoms with Gasteiger partial charge in [-0.15, -0.1) is 0 Å². The van der Waals surface area contributed by atoms with Crippen molar-refractivity contribution in [3.63, 3.8) is 0 Å². The molecule has 0 aliphatic rings. The van der Waals surface area contributed by atoms with E-state index in [-0.39, 0.29) is 5.91 Å². The Hall–Kier alpha value is -3.05. The number of benzene rings is 2. The van der Waals surface area contributed by atoms with Crippen molar-refractivity contribution in [2.45, 2.75) is 33.1 Å². The molecule has 0 radical (unpaired) electrons. The van der Waals surface area contributed by atoms with Gasteiger partial charge in [-0.1, -0.05) is 29.8 Å². The maximum Gasteiger partial charge on any atom is 0.261 e. The summed E-state index contributed by atoms with van der Waals surface area (Å²) in [7, 11) is 0. The van der Waals surface area contributed by atoms with Gasteiger partial charge < -0.3 is 14.8 Å². The first-order valence-corrected chi connectivity index (χ1v) is 9.71. The van der Waals surface area contributed by atoms with E-state index in [1.165, 1.54) is 0 Å². The summed E-state index contributed by atoms with van der Waals surface area (Å²) in [6, 6.07) is 18.6. The van der Waals surface area contributed by atoms with Crippen LogP contribution >= 0.6 is 11.6 Å². The lowest BCUT2D eigenvalue weighted by Gasteiger charge is -2.15. The highest BCUT2D eigenvalue weighted by atomic mass is 35.5. The SMILES string of the molecule is Cc1cc(OC(C)C(=O)NCc2ccc(OCc3ccccn3)cc2)ccc1Cl. The van der Waals surface area contributed by atoms with Crippen molar-refractivity contribution in [3.8, 4) is 11.5 Å². The number of aryl methyl sites for hydroxylation is 1. The average Bonchev–Trinajstić information content (AvgIpc) is 2.74. The smallest absolute Gasteiger partial charge is 0.261 e. The number of nitrogens with one attached hydrogen (secondary N) is 1. The predicted octanol–water partition coefficient (Wildman–Crippen LogP) is 4.71. The van der Waals surface area contributed by atoms with Gasteiger partial charge in [-0.25, -0.2) is 0 Å². The molecule has 0 aliphatic heterocycles. The number of hydrogen-bond donors (Lipinski definition) is 1. The van der Waals surface area contributed by atoms with Crippen molar-refractivity contribution >= 4 is 17.5 Å². The van der Waals surface area contributed by atoms with E-state index in [9.17, 15) is 4.79 Å². The number of amides is 1. The van der Waals surface area contributed by atoms with Crippen molar-refractivity contribution in [2.75, 3.05) is 0 Å². The molecular formula is C23H23ClN2O3. The summed E-state index contributed by atoms with van der Waals surface area (Å²) in [5.74, 6) is 1.18. The molecule has 0 spiro atoms. The standard InChI is InChI=1S/C23H23ClN2O3/c1-16-13-21(10-11-22(16)24)29-17(2)23(27)26-14-18-6-8-20(9-7-18)28-15-19-5-3-4-12-25-19/h3-13,17H,14-15H2,1-2H3,(H,26,27). The molecule has 1 atom stereocenters. The molecule has 1 N–H and O–H groups in total. The van der Waals surface area contributed by atoms with Gasteiger partial charge in [0.1, 0.15) is 18.1 Å². The van der Waals surface area contributed by atoms with Crippen LogP contribution in [-0.2, 0) is 17.9 Å². The van der Waals surface area contributed by atoms with Crippen molar-refractivity contribution in [3.05, 3.63) is 88.7 Å². The fourth-order valence-corrected chi connectivity index (χ4v) is 2.74. The van der Waals surface area contributed by atoms with Crippen LogP contribution in [0.4, 0.5) is 0 Å². The van der Waals surface area contributed by atoms with Gasteiger partial charge in [0, 0.05) is 17.8 Å². The quantitative estimate of drug-likeness (QED) is 0.584. The first-order valence-electron chi connectivity index (χ1n) is 9.33. The summed E-state index contributed by atoms with van der Waals surface area (Å²) in [5, 5.41) is 3.55. The molecule has 29 heavy (non-hydrogen) atoms. The zero-order valence-corrected chi connectivity index (χ0v) is 17.1. The number of aromatic nitrogens is 1. The minimum atomic E-state index is -0.614. The Balaban J connectivity index is 1.46. The van der Waals surface area contributed by atoms with Gasteiger partial charge >= 0.3 is 0 Å². The Bertz CT molecular complexity index is 946. The Kier molecular flexibility index (Phi) is 7.09. The number of pyridine rings is 1. The average molecular weight is 411 g/mol. The van der Waals surface area contributed by atoms with Crippen molar-refractivity contribution in [1.29, 1.82) is 0 Å². The number of carbonyl (C=O) groups excluding carboxylic acids is 1. The summed E-state index contributed by atoms with van der Waals surface area (Å²) < 4.78 is 11.4. The molecule has 1 aromatic heterocycles. The Labute approximate surface area is 175 Å². The van der Waals surface area contributed by atoms with E-state index in [2.05, 4.69) is 10.3 Å². The summed E-state index contributed by atoms with van der Waals surface area (Å²) in [6.45, 7) is 4.43. The van der Waals surface area contributed by atoms with Crippen LogP contribution in [-0.4, -0.2) is 17.0 Å². The van der Waals surface area contributed by atoms with Crippen LogP contribution in [0.3, 0.4) is 0 Å². The zero-order valence-electron chi connectivity index (χ0n) is 16.4. The molecule has 1 amide bonds. The fraction of sp³-hybridized carbons (Fsp3) is 0.217. The van der Waals surface area contributed by atoms with E-state index in [1.807, 2.05) is 55.5 Å². The molecule has 0 bridgehead atoms. The number of nitrogens with zero attached hydrogens (tertiary/aromatic N) is 1. The first-order chi connectivity index (χ1) is 14.0. The second-order valence-electron chi connectivity index (χ2n) is 6.64. The number of ether oxygens (including phenoxy) is 2. The zero-order chi connectivity index (χ0) is 20.6. The molecule has 5 nitrogen and oxygen atoms in total. The second-order valence-corrected chi connectivity index (χ2v) is 7.05. The highest BCUT2D eigenvalue weighted by Gasteiger charge is 2.14. The predicted molar refractivity (Wildman–Crippen MR) is 113 cm³/mol. The lowest BCUT2D eigenvalue weighted by atomic mass is 10.2. The Morgan fingerprint density at radius 2 is 1.86 bits per heavy atom. The molecule has 3 rings (SSSR count). The van der Waals surface area contributed by atoms with Crippen LogP contribution in [0.2, 0.25) is 5.02 Å². The molecular weight excluding hydrogens is 388 g/mol. The highest BCUT2D eigenvalue weighted by Crippen LogP contribution is 2.22. The van der Waals surface area contributed by atoms with Crippen LogP contribution < -0.4 is 14.8 Å². The molecule has 0 aliphatic carbocycles. The van der Waals surface area contributed by atoms with E-state index in [0.717, 1.165) is 22.6 Å². The van der Waals surface area contributed by atoms with Crippen LogP contribution in [0.5, 0.6) is 11.5 Å². The minimum absolute atomic E-state index is 0.187. The Morgan fingerprint density at radius 1 is 1.10 bits per heavy atom. The topological polar surface area (TPSA) is 60.5 Å². The van der Waals surface area contributed by atoms with Crippen molar-refractivity contribution < 1.29 is 14.3 Å². The molecule has 0 fully saturated rings. The molecule has 150 valence electrons. The maximum absolute atomic E-state index is 12.3. The molecule has 1 unspecified atom stereocenters. The van der Waals surface area contributed by atoms with Gasteiger partial charge in [-0.3, -0.25) is 9.78 Å². The normalized spacial score (nSPS) is 11.6. The second kappa shape index (κ2) is 9.94. The number of hydrogen-bond acceptors (Lipinski definition) is 4. The largest absolute Gasteiger partial charge is 0.487 e. The number of carbonyl (C=O) groups is 1. The van der Waals surface area contributed by atoms with E-state index >= 15 is 0 Å². The van der Waals surface area contributed by atoms with Gasteiger partial charge in [-0.05, 0) is 67.4 Å². The van der Waals surface area contributed by atoms with E-state index in [1.54, 1.807) is 25.3 Å². The summed E-state index contributed by atoms with van der Waals surface area (Å²) in [5.41, 5.74) is 2.74. The lowest BCUT2D eigenvalue weighted by Crippen LogP contribution is -2.35. The minimum Gasteiger partial charge on any atom is -0.487 e. The van der Waals surface area contributed by atoms with E-state index < -0.39 is 6.10 Å². The van der Waals surface area contributed by atoms with E-state index in [4.69, 9.17) is 21.1 Å². The molecule has 3 aromatic rings. The summed E-state index contributed by atoms with van der Waals surface area (Å²) >= 11 is 6.01. The third kappa shape index (κ3) is 6.22. The number of rotatable bonds is 8. The molecule has 6 heteroatoms. The fourth-order valence-electron chi connectivity index (χ4n) is 2.63. The number of halogens is 1. The van der Waals surface area contributed by atoms with Gasteiger partial charge in [0.25, 0.3) is 5.91 Å². The van der Waals surface area contributed by atoms with Gasteiger partial charge in [0.15, 0.2) is 6.10 Å². The molecule has 1 heterocycles. The first kappa shape index (κ1) is 20.7. The molecule has 0 saturated heterocycles. The van der Waals surface area contributed by atoms with Crippen LogP contribution in [0, 0.1) is 6.92 Å². The third-order valence-corrected chi connectivity index (χ3v) is 4.74. The van der Waals surface area contributed by atoms with Crippen molar-refractivity contribution in [1.82, 2.24) is 10.3 Å². The van der Waals surface area contributed by atoms with Crippen molar-refractivity contribution in [2.24, 2.45) is 0 Å². The maximum atomic E-state index is 12.3. The molecule has 0 saturated carbocycles. The highest BCUT2D eigenvalue weighted by molar-refractivity contribution is 6.31. The van der Waals surface area contributed by atoms with Crippen LogP contribution in [0.1, 0.15) is 23.7 Å². The van der Waals surface area contributed by atoms with Crippen LogP contribution in [0.25, 0.3) is 0 Å². The van der Waals surface area contributed by atoms with Crippen LogP contribution in [0.15, 0.2) is 66.9 Å². The van der Waals surface area contributed by atoms with Gasteiger partial charge in [-0.2, -0.15) is 0 Å². The Morgan fingerprint density at radius 3 is 2.55 bits per heavy atom. The van der Waals surface area contributed by atoms with Gasteiger partial charge in [0.05, 0.1) is 5.69 Å². The summed E-state index contributed by atoms with van der Waals surface area (Å²) in [4.78, 5) is 16.5. The lowest BCUT2D eigenvalue weighted by molar-refractivity contribution is -0.127.